The number of hydrogen-bond acceptors (Lipinski definition) is 3. The molecule has 0 spiro atoms. The maximum Gasteiger partial charge on any atom is 0.232 e. The van der Waals surface area contributed by atoms with Crippen LogP contribution in [-0.2, 0) is 9.59 Å². The van der Waals surface area contributed by atoms with E-state index >= 15 is 0 Å². The quantitative estimate of drug-likeness (QED) is 0.472. The summed E-state index contributed by atoms with van der Waals surface area (Å²) in [7, 11) is 0. The lowest BCUT2D eigenvalue weighted by atomic mass is 9.98. The molecule has 4 N–H and O–H groups in total. The van der Waals surface area contributed by atoms with Crippen LogP contribution in [0, 0.1) is 5.92 Å². The molecule has 1 saturated heterocycles. The molecular formula is C8H15N3O2. The molecule has 1 heterocycles. The SMILES string of the molecule is NCCNC(=O)C1CCCNC1=O. The Morgan fingerprint density at radius 3 is 3.08 bits per heavy atom. The van der Waals surface area contributed by atoms with Crippen molar-refractivity contribution >= 4 is 11.8 Å². The fourth-order valence-corrected chi connectivity index (χ4v) is 1.34. The van der Waals surface area contributed by atoms with E-state index < -0.39 is 5.92 Å². The third-order valence-electron chi connectivity index (χ3n) is 2.05. The molecule has 1 fully saturated rings. The van der Waals surface area contributed by atoms with Gasteiger partial charge >= 0.3 is 0 Å². The molecule has 5 heteroatoms. The van der Waals surface area contributed by atoms with E-state index in [1.807, 2.05) is 0 Å². The van der Waals surface area contributed by atoms with Gasteiger partial charge in [0.25, 0.3) is 0 Å². The highest BCUT2D eigenvalue weighted by Gasteiger charge is 2.28. The molecule has 1 aliphatic heterocycles. The lowest BCUT2D eigenvalue weighted by Crippen LogP contribution is -2.45. The smallest absolute Gasteiger partial charge is 0.232 e. The second-order valence-corrected chi connectivity index (χ2v) is 3.07. The van der Waals surface area contributed by atoms with E-state index in [4.69, 9.17) is 5.73 Å². The first-order chi connectivity index (χ1) is 6.25. The van der Waals surface area contributed by atoms with Gasteiger partial charge in [0.1, 0.15) is 5.92 Å². The number of rotatable bonds is 3. The molecule has 5 nitrogen and oxygen atoms in total. The fraction of sp³-hybridized carbons (Fsp3) is 0.750. The molecule has 0 aromatic carbocycles. The minimum absolute atomic E-state index is 0.166. The summed E-state index contributed by atoms with van der Waals surface area (Å²) in [6, 6.07) is 0. The predicted octanol–water partition coefficient (Wildman–Crippen LogP) is -1.41. The zero-order valence-corrected chi connectivity index (χ0v) is 7.51. The van der Waals surface area contributed by atoms with Gasteiger partial charge < -0.3 is 16.4 Å². The van der Waals surface area contributed by atoms with Gasteiger partial charge in [0.15, 0.2) is 0 Å². The molecule has 0 aliphatic carbocycles. The minimum atomic E-state index is -0.514. The minimum Gasteiger partial charge on any atom is -0.355 e. The number of nitrogens with two attached hydrogens (primary N) is 1. The summed E-state index contributed by atoms with van der Waals surface area (Å²) in [6.07, 6.45) is 1.51. The van der Waals surface area contributed by atoms with Crippen LogP contribution in [0.2, 0.25) is 0 Å². The second kappa shape index (κ2) is 4.81. The van der Waals surface area contributed by atoms with E-state index in [1.165, 1.54) is 0 Å². The number of nitrogens with one attached hydrogen (secondary N) is 2. The predicted molar refractivity (Wildman–Crippen MR) is 47.8 cm³/mol. The number of hydrogen-bond donors (Lipinski definition) is 3. The van der Waals surface area contributed by atoms with Crippen molar-refractivity contribution in [3.05, 3.63) is 0 Å². The normalized spacial score (nSPS) is 22.2. The molecule has 2 amide bonds. The number of carbonyl (C=O) groups is 2. The Balaban J connectivity index is 2.39. The Morgan fingerprint density at radius 2 is 2.46 bits per heavy atom. The largest absolute Gasteiger partial charge is 0.355 e. The van der Waals surface area contributed by atoms with Crippen molar-refractivity contribution in [3.63, 3.8) is 0 Å². The van der Waals surface area contributed by atoms with Crippen molar-refractivity contribution in [2.75, 3.05) is 19.6 Å². The van der Waals surface area contributed by atoms with Gasteiger partial charge in [-0.3, -0.25) is 9.59 Å². The molecule has 1 rings (SSSR count). The Hall–Kier alpha value is -1.10. The molecular weight excluding hydrogens is 170 g/mol. The monoisotopic (exact) mass is 185 g/mol. The van der Waals surface area contributed by atoms with Crippen LogP contribution in [0.1, 0.15) is 12.8 Å². The molecule has 1 aliphatic rings. The van der Waals surface area contributed by atoms with Crippen molar-refractivity contribution < 1.29 is 9.59 Å². The maximum atomic E-state index is 11.3. The van der Waals surface area contributed by atoms with E-state index in [0.29, 0.717) is 26.1 Å². The van der Waals surface area contributed by atoms with Gasteiger partial charge in [0.05, 0.1) is 0 Å². The van der Waals surface area contributed by atoms with E-state index in [-0.39, 0.29) is 11.8 Å². The van der Waals surface area contributed by atoms with Gasteiger partial charge in [-0.1, -0.05) is 0 Å². The summed E-state index contributed by atoms with van der Waals surface area (Å²) in [4.78, 5) is 22.5. The van der Waals surface area contributed by atoms with Crippen LogP contribution in [-0.4, -0.2) is 31.4 Å². The topological polar surface area (TPSA) is 84.2 Å². The number of carbonyl (C=O) groups excluding carboxylic acids is 2. The van der Waals surface area contributed by atoms with Gasteiger partial charge in [-0.15, -0.1) is 0 Å². The third-order valence-corrected chi connectivity index (χ3v) is 2.05. The Labute approximate surface area is 77.1 Å². The Kier molecular flexibility index (Phi) is 3.70. The second-order valence-electron chi connectivity index (χ2n) is 3.07. The Morgan fingerprint density at radius 1 is 1.69 bits per heavy atom. The van der Waals surface area contributed by atoms with Crippen LogP contribution in [0.25, 0.3) is 0 Å². The van der Waals surface area contributed by atoms with Crippen LogP contribution in [0.3, 0.4) is 0 Å². The van der Waals surface area contributed by atoms with Crippen molar-refractivity contribution in [1.82, 2.24) is 10.6 Å². The number of piperidine rings is 1. The summed E-state index contributed by atoms with van der Waals surface area (Å²) in [5.41, 5.74) is 5.23. The molecule has 0 aromatic heterocycles. The highest BCUT2D eigenvalue weighted by Crippen LogP contribution is 2.10. The average molecular weight is 185 g/mol. The van der Waals surface area contributed by atoms with Gasteiger partial charge in [-0.25, -0.2) is 0 Å². The molecule has 0 aromatic rings. The summed E-state index contributed by atoms with van der Waals surface area (Å²) in [5.74, 6) is -0.885. The van der Waals surface area contributed by atoms with Crippen LogP contribution in [0.15, 0.2) is 0 Å². The zero-order chi connectivity index (χ0) is 9.68. The lowest BCUT2D eigenvalue weighted by molar-refractivity contribution is -0.136. The van der Waals surface area contributed by atoms with Crippen LogP contribution < -0.4 is 16.4 Å². The van der Waals surface area contributed by atoms with Crippen molar-refractivity contribution in [2.24, 2.45) is 11.7 Å². The molecule has 0 bridgehead atoms. The highest BCUT2D eigenvalue weighted by atomic mass is 16.2. The number of amides is 2. The molecule has 74 valence electrons. The lowest BCUT2D eigenvalue weighted by Gasteiger charge is -2.20. The summed E-state index contributed by atoms with van der Waals surface area (Å²) in [5, 5.41) is 5.27. The van der Waals surface area contributed by atoms with Gasteiger partial charge in [0, 0.05) is 19.6 Å². The summed E-state index contributed by atoms with van der Waals surface area (Å²) < 4.78 is 0. The zero-order valence-electron chi connectivity index (χ0n) is 7.51. The fourth-order valence-electron chi connectivity index (χ4n) is 1.34. The average Bonchev–Trinajstić information content (AvgIpc) is 2.15. The molecule has 0 radical (unpaired) electrons. The molecule has 13 heavy (non-hydrogen) atoms. The molecule has 1 atom stereocenters. The van der Waals surface area contributed by atoms with Crippen LogP contribution in [0.5, 0.6) is 0 Å². The standard InChI is InChI=1S/C8H15N3O2/c9-3-5-11-8(13)6-2-1-4-10-7(6)12/h6H,1-5,9H2,(H,10,12)(H,11,13). The maximum absolute atomic E-state index is 11.3. The molecule has 1 unspecified atom stereocenters. The first-order valence-corrected chi connectivity index (χ1v) is 4.51. The van der Waals surface area contributed by atoms with E-state index in [9.17, 15) is 9.59 Å². The van der Waals surface area contributed by atoms with Crippen molar-refractivity contribution in [1.29, 1.82) is 0 Å². The first kappa shape index (κ1) is 9.98. The first-order valence-electron chi connectivity index (χ1n) is 4.51. The van der Waals surface area contributed by atoms with Gasteiger partial charge in [-0.2, -0.15) is 0 Å². The van der Waals surface area contributed by atoms with Crippen molar-refractivity contribution in [3.8, 4) is 0 Å². The van der Waals surface area contributed by atoms with E-state index in [0.717, 1.165) is 6.42 Å². The van der Waals surface area contributed by atoms with Gasteiger partial charge in [-0.05, 0) is 12.8 Å². The molecule has 0 saturated carbocycles. The highest BCUT2D eigenvalue weighted by molar-refractivity contribution is 6.00. The van der Waals surface area contributed by atoms with Crippen molar-refractivity contribution in [2.45, 2.75) is 12.8 Å². The summed E-state index contributed by atoms with van der Waals surface area (Å²) in [6.45, 7) is 1.52. The third kappa shape index (κ3) is 2.69. The van der Waals surface area contributed by atoms with Crippen LogP contribution in [0.4, 0.5) is 0 Å². The Bertz CT molecular complexity index is 206. The van der Waals surface area contributed by atoms with Gasteiger partial charge in [0.2, 0.25) is 11.8 Å². The van der Waals surface area contributed by atoms with E-state index in [1.54, 1.807) is 0 Å². The van der Waals surface area contributed by atoms with E-state index in [2.05, 4.69) is 10.6 Å². The van der Waals surface area contributed by atoms with Crippen LogP contribution >= 0.6 is 0 Å². The summed E-state index contributed by atoms with van der Waals surface area (Å²) >= 11 is 0.